The van der Waals surface area contributed by atoms with Crippen molar-refractivity contribution in [2.45, 2.75) is 31.9 Å². The molecule has 0 aromatic heterocycles. The maximum Gasteiger partial charge on any atom is 0.331 e. The lowest BCUT2D eigenvalue weighted by Gasteiger charge is -2.17. The first kappa shape index (κ1) is 21.7. The van der Waals surface area contributed by atoms with E-state index in [2.05, 4.69) is 5.32 Å². The highest BCUT2D eigenvalue weighted by molar-refractivity contribution is 6.32. The van der Waals surface area contributed by atoms with E-state index >= 15 is 0 Å². The second kappa shape index (κ2) is 10.2. The molecular formula is C23H24ClNO5. The lowest BCUT2D eigenvalue weighted by Crippen LogP contribution is -2.33. The zero-order valence-corrected chi connectivity index (χ0v) is 17.6. The lowest BCUT2D eigenvalue weighted by atomic mass is 10.1. The Kier molecular flexibility index (Phi) is 7.36. The second-order valence-corrected chi connectivity index (χ2v) is 7.22. The van der Waals surface area contributed by atoms with Crippen molar-refractivity contribution in [1.29, 1.82) is 0 Å². The van der Waals surface area contributed by atoms with Crippen LogP contribution >= 0.6 is 11.6 Å². The molecule has 0 saturated heterocycles. The van der Waals surface area contributed by atoms with Gasteiger partial charge in [0.1, 0.15) is 0 Å². The molecule has 1 unspecified atom stereocenters. The minimum atomic E-state index is -1.01. The van der Waals surface area contributed by atoms with Crippen LogP contribution in [0, 0.1) is 0 Å². The fourth-order valence-corrected chi connectivity index (χ4v) is 3.17. The summed E-state index contributed by atoms with van der Waals surface area (Å²) in [6, 6.07) is 12.5. The predicted octanol–water partition coefficient (Wildman–Crippen LogP) is 4.32. The van der Waals surface area contributed by atoms with Crippen LogP contribution in [-0.4, -0.2) is 31.6 Å². The van der Waals surface area contributed by atoms with Crippen molar-refractivity contribution in [3.8, 4) is 11.5 Å². The third kappa shape index (κ3) is 5.76. The van der Waals surface area contributed by atoms with E-state index in [0.717, 1.165) is 12.8 Å². The van der Waals surface area contributed by atoms with Crippen LogP contribution < -0.4 is 14.8 Å². The SMILES string of the molecule is CCOc1cc(/C=C/C(=O)OC(C(=O)NC2CC2)c2ccccc2)cc(Cl)c1OC. The van der Waals surface area contributed by atoms with E-state index < -0.39 is 12.1 Å². The van der Waals surface area contributed by atoms with Crippen molar-refractivity contribution < 1.29 is 23.8 Å². The molecule has 3 rings (SSSR count). The van der Waals surface area contributed by atoms with Gasteiger partial charge in [-0.1, -0.05) is 41.9 Å². The minimum absolute atomic E-state index is 0.163. The van der Waals surface area contributed by atoms with Crippen LogP contribution in [0.3, 0.4) is 0 Å². The molecule has 1 aliphatic carbocycles. The van der Waals surface area contributed by atoms with Crippen LogP contribution in [0.2, 0.25) is 5.02 Å². The summed E-state index contributed by atoms with van der Waals surface area (Å²) in [5.74, 6) is -0.0538. The summed E-state index contributed by atoms with van der Waals surface area (Å²) < 4.78 is 16.3. The third-order valence-corrected chi connectivity index (χ3v) is 4.73. The molecule has 1 saturated carbocycles. The molecule has 0 heterocycles. The number of hydrogen-bond donors (Lipinski definition) is 1. The molecule has 1 N–H and O–H groups in total. The Hall–Kier alpha value is -2.99. The van der Waals surface area contributed by atoms with Gasteiger partial charge in [-0.25, -0.2) is 4.79 Å². The van der Waals surface area contributed by atoms with E-state index in [-0.39, 0.29) is 11.9 Å². The van der Waals surface area contributed by atoms with Crippen LogP contribution in [0.4, 0.5) is 0 Å². The number of amides is 1. The van der Waals surface area contributed by atoms with Gasteiger partial charge >= 0.3 is 5.97 Å². The summed E-state index contributed by atoms with van der Waals surface area (Å²) in [7, 11) is 1.51. The van der Waals surface area contributed by atoms with Crippen LogP contribution in [-0.2, 0) is 14.3 Å². The maximum absolute atomic E-state index is 12.6. The number of methoxy groups -OCH3 is 1. The molecule has 30 heavy (non-hydrogen) atoms. The first-order valence-electron chi connectivity index (χ1n) is 9.76. The lowest BCUT2D eigenvalue weighted by molar-refractivity contribution is -0.151. The highest BCUT2D eigenvalue weighted by Crippen LogP contribution is 2.36. The van der Waals surface area contributed by atoms with Gasteiger partial charge in [-0.15, -0.1) is 0 Å². The molecule has 0 aliphatic heterocycles. The molecule has 6 nitrogen and oxygen atoms in total. The molecule has 0 radical (unpaired) electrons. The van der Waals surface area contributed by atoms with Crippen LogP contribution in [0.25, 0.3) is 6.08 Å². The zero-order chi connectivity index (χ0) is 21.5. The molecular weight excluding hydrogens is 406 g/mol. The monoisotopic (exact) mass is 429 g/mol. The van der Waals surface area contributed by atoms with E-state index in [1.54, 1.807) is 42.5 Å². The van der Waals surface area contributed by atoms with Gasteiger partial charge in [-0.05, 0) is 43.5 Å². The molecule has 1 aliphatic rings. The average Bonchev–Trinajstić information content (AvgIpc) is 3.55. The summed E-state index contributed by atoms with van der Waals surface area (Å²) >= 11 is 6.24. The maximum atomic E-state index is 12.6. The molecule has 0 bridgehead atoms. The van der Waals surface area contributed by atoms with Crippen molar-refractivity contribution >= 4 is 29.6 Å². The van der Waals surface area contributed by atoms with Crippen LogP contribution in [0.1, 0.15) is 37.0 Å². The largest absolute Gasteiger partial charge is 0.491 e. The Balaban J connectivity index is 1.74. The van der Waals surface area contributed by atoms with Crippen molar-refractivity contribution in [1.82, 2.24) is 5.32 Å². The van der Waals surface area contributed by atoms with Gasteiger partial charge in [0, 0.05) is 17.7 Å². The number of halogens is 1. The number of rotatable bonds is 9. The first-order chi connectivity index (χ1) is 14.5. The number of esters is 1. The van der Waals surface area contributed by atoms with Crippen molar-refractivity contribution in [2.24, 2.45) is 0 Å². The quantitative estimate of drug-likeness (QED) is 0.474. The summed E-state index contributed by atoms with van der Waals surface area (Å²) in [6.07, 6.45) is 3.69. The summed E-state index contributed by atoms with van der Waals surface area (Å²) in [4.78, 5) is 25.0. The third-order valence-electron chi connectivity index (χ3n) is 4.45. The Morgan fingerprint density at radius 1 is 1.23 bits per heavy atom. The van der Waals surface area contributed by atoms with Gasteiger partial charge in [-0.3, -0.25) is 4.79 Å². The van der Waals surface area contributed by atoms with E-state index in [4.69, 9.17) is 25.8 Å². The van der Waals surface area contributed by atoms with Gasteiger partial charge in [0.25, 0.3) is 5.91 Å². The standard InChI is InChI=1S/C23H24ClNO5/c1-3-29-19-14-15(13-18(24)22(19)28-2)9-12-20(26)30-21(16-7-5-4-6-8-16)23(27)25-17-10-11-17/h4-9,12-14,17,21H,3,10-11H2,1-2H3,(H,25,27)/b12-9+. The van der Waals surface area contributed by atoms with Gasteiger partial charge < -0.3 is 19.5 Å². The fraction of sp³-hybridized carbons (Fsp3) is 0.304. The number of carbonyl (C=O) groups is 2. The van der Waals surface area contributed by atoms with Crippen molar-refractivity contribution in [2.75, 3.05) is 13.7 Å². The molecule has 1 amide bonds. The summed E-state index contributed by atoms with van der Waals surface area (Å²) in [5.41, 5.74) is 1.25. The van der Waals surface area contributed by atoms with Gasteiger partial charge in [-0.2, -0.15) is 0 Å². The Morgan fingerprint density at radius 3 is 2.60 bits per heavy atom. The second-order valence-electron chi connectivity index (χ2n) is 6.81. The zero-order valence-electron chi connectivity index (χ0n) is 16.9. The number of ether oxygens (including phenoxy) is 3. The highest BCUT2D eigenvalue weighted by atomic mass is 35.5. The van der Waals surface area contributed by atoms with Crippen molar-refractivity contribution in [3.63, 3.8) is 0 Å². The van der Waals surface area contributed by atoms with E-state index in [9.17, 15) is 9.59 Å². The number of carbonyl (C=O) groups excluding carboxylic acids is 2. The highest BCUT2D eigenvalue weighted by Gasteiger charge is 2.30. The van der Waals surface area contributed by atoms with Crippen LogP contribution in [0.15, 0.2) is 48.5 Å². The minimum Gasteiger partial charge on any atom is -0.491 e. The number of hydrogen-bond acceptors (Lipinski definition) is 5. The number of nitrogens with one attached hydrogen (secondary N) is 1. The van der Waals surface area contributed by atoms with E-state index in [1.165, 1.54) is 13.2 Å². The smallest absolute Gasteiger partial charge is 0.331 e. The average molecular weight is 430 g/mol. The normalized spacial score (nSPS) is 14.2. The molecule has 158 valence electrons. The fourth-order valence-electron chi connectivity index (χ4n) is 2.87. The molecule has 7 heteroatoms. The molecule has 2 aromatic carbocycles. The van der Waals surface area contributed by atoms with Crippen molar-refractivity contribution in [3.05, 3.63) is 64.7 Å². The van der Waals surface area contributed by atoms with Gasteiger partial charge in [0.2, 0.25) is 6.10 Å². The van der Waals surface area contributed by atoms with E-state index in [1.807, 2.05) is 13.0 Å². The van der Waals surface area contributed by atoms with Gasteiger partial charge in [0.05, 0.1) is 18.7 Å². The summed E-state index contributed by atoms with van der Waals surface area (Å²) in [5, 5.41) is 3.25. The van der Waals surface area contributed by atoms with E-state index in [0.29, 0.717) is 34.3 Å². The molecule has 1 fully saturated rings. The predicted molar refractivity (Wildman–Crippen MR) is 115 cm³/mol. The Morgan fingerprint density at radius 2 is 1.97 bits per heavy atom. The number of benzene rings is 2. The Labute approximate surface area is 180 Å². The topological polar surface area (TPSA) is 73.9 Å². The Bertz CT molecular complexity index is 925. The first-order valence-corrected chi connectivity index (χ1v) is 10.1. The summed E-state index contributed by atoms with van der Waals surface area (Å²) in [6.45, 7) is 2.29. The molecule has 1 atom stereocenters. The van der Waals surface area contributed by atoms with Gasteiger partial charge in [0.15, 0.2) is 11.5 Å². The van der Waals surface area contributed by atoms with Crippen LogP contribution in [0.5, 0.6) is 11.5 Å². The molecule has 0 spiro atoms. The molecule has 2 aromatic rings.